The Morgan fingerprint density at radius 3 is 2.62 bits per heavy atom. The van der Waals surface area contributed by atoms with Gasteiger partial charge in [-0.15, -0.1) is 11.6 Å². The second-order valence-electron chi connectivity index (χ2n) is 5.40. The summed E-state index contributed by atoms with van der Waals surface area (Å²) < 4.78 is 0. The second kappa shape index (κ2) is 6.90. The average molecular weight is 305 g/mol. The van der Waals surface area contributed by atoms with E-state index >= 15 is 0 Å². The highest BCUT2D eigenvalue weighted by molar-refractivity contribution is 6.18. The number of rotatable bonds is 6. The van der Waals surface area contributed by atoms with Gasteiger partial charge in [0.2, 0.25) is 0 Å². The molecule has 1 amide bonds. The largest absolute Gasteiger partial charge is 0.350 e. The Balaban J connectivity index is 2.20. The Morgan fingerprint density at radius 2 is 1.95 bits per heavy atom. The maximum absolute atomic E-state index is 12.4. The third-order valence-corrected chi connectivity index (χ3v) is 4.86. The van der Waals surface area contributed by atoms with E-state index in [4.69, 9.17) is 11.6 Å². The Labute approximate surface area is 130 Å². The lowest BCUT2D eigenvalue weighted by Gasteiger charge is -2.29. The van der Waals surface area contributed by atoms with Gasteiger partial charge in [-0.05, 0) is 24.3 Å². The molecule has 3 nitrogen and oxygen atoms in total. The molecule has 2 aromatic rings. The average Bonchev–Trinajstić information content (AvgIpc) is 2.56. The number of aromatic nitrogens is 1. The molecule has 0 spiro atoms. The number of pyridine rings is 1. The van der Waals surface area contributed by atoms with Gasteiger partial charge in [0, 0.05) is 29.4 Å². The molecular weight excluding hydrogens is 284 g/mol. The van der Waals surface area contributed by atoms with Crippen molar-refractivity contribution in [3.8, 4) is 0 Å². The highest BCUT2D eigenvalue weighted by atomic mass is 35.5. The fourth-order valence-corrected chi connectivity index (χ4v) is 2.86. The maximum Gasteiger partial charge on any atom is 0.270 e. The molecule has 0 unspecified atom stereocenters. The summed E-state index contributed by atoms with van der Waals surface area (Å²) in [7, 11) is 0. The van der Waals surface area contributed by atoms with Crippen molar-refractivity contribution >= 4 is 28.3 Å². The first-order valence-corrected chi connectivity index (χ1v) is 7.87. The number of nitrogens with one attached hydrogen (secondary N) is 1. The van der Waals surface area contributed by atoms with Gasteiger partial charge >= 0.3 is 0 Å². The summed E-state index contributed by atoms with van der Waals surface area (Å²) >= 11 is 6.08. The van der Waals surface area contributed by atoms with Crippen molar-refractivity contribution in [3.05, 3.63) is 42.2 Å². The summed E-state index contributed by atoms with van der Waals surface area (Å²) in [6.07, 6.45) is 3.55. The summed E-state index contributed by atoms with van der Waals surface area (Å²) in [5, 5.41) is 4.90. The monoisotopic (exact) mass is 304 g/mol. The van der Waals surface area contributed by atoms with Gasteiger partial charge in [0.05, 0.1) is 0 Å². The lowest BCUT2D eigenvalue weighted by atomic mass is 9.84. The third-order valence-electron chi connectivity index (χ3n) is 4.30. The number of carbonyl (C=O) groups excluding carboxylic acids is 1. The van der Waals surface area contributed by atoms with Crippen molar-refractivity contribution in [3.63, 3.8) is 0 Å². The number of hydrogen-bond acceptors (Lipinski definition) is 2. The van der Waals surface area contributed by atoms with E-state index in [0.717, 1.165) is 23.6 Å². The van der Waals surface area contributed by atoms with Crippen LogP contribution >= 0.6 is 11.6 Å². The van der Waals surface area contributed by atoms with E-state index < -0.39 is 0 Å². The highest BCUT2D eigenvalue weighted by Crippen LogP contribution is 2.27. The van der Waals surface area contributed by atoms with E-state index in [9.17, 15) is 4.79 Å². The fraction of sp³-hybridized carbons (Fsp3) is 0.412. The van der Waals surface area contributed by atoms with Crippen LogP contribution in [0.1, 0.15) is 37.2 Å². The third kappa shape index (κ3) is 3.35. The molecule has 0 aliphatic heterocycles. The minimum Gasteiger partial charge on any atom is -0.350 e. The van der Waals surface area contributed by atoms with Crippen LogP contribution < -0.4 is 5.32 Å². The first-order valence-electron chi connectivity index (χ1n) is 7.33. The van der Waals surface area contributed by atoms with Crippen molar-refractivity contribution in [2.24, 2.45) is 5.41 Å². The van der Waals surface area contributed by atoms with Crippen molar-refractivity contribution in [1.82, 2.24) is 10.3 Å². The molecule has 112 valence electrons. The summed E-state index contributed by atoms with van der Waals surface area (Å²) in [5.74, 6) is 0.409. The molecule has 0 bridgehead atoms. The predicted molar refractivity (Wildman–Crippen MR) is 87.8 cm³/mol. The molecule has 2 rings (SSSR count). The van der Waals surface area contributed by atoms with Gasteiger partial charge in [-0.3, -0.25) is 9.78 Å². The van der Waals surface area contributed by atoms with E-state index in [2.05, 4.69) is 24.1 Å². The molecule has 0 fully saturated rings. The van der Waals surface area contributed by atoms with Gasteiger partial charge in [-0.25, -0.2) is 0 Å². The standard InChI is InChI=1S/C17H21ClN2O/c1-3-17(4-2,11-18)12-20-16(21)15-14-8-6-5-7-13(14)9-10-19-15/h5-10H,3-4,11-12H2,1-2H3,(H,20,21). The van der Waals surface area contributed by atoms with Crippen LogP contribution in [-0.2, 0) is 0 Å². The van der Waals surface area contributed by atoms with Crippen molar-refractivity contribution in [1.29, 1.82) is 0 Å². The molecular formula is C17H21ClN2O. The zero-order valence-electron chi connectivity index (χ0n) is 12.5. The van der Waals surface area contributed by atoms with Gasteiger partial charge < -0.3 is 5.32 Å². The van der Waals surface area contributed by atoms with Crippen molar-refractivity contribution in [2.75, 3.05) is 12.4 Å². The molecule has 0 atom stereocenters. The zero-order chi connectivity index (χ0) is 15.3. The van der Waals surface area contributed by atoms with E-state index in [1.54, 1.807) is 6.20 Å². The molecule has 21 heavy (non-hydrogen) atoms. The number of amides is 1. The van der Waals surface area contributed by atoms with E-state index in [1.165, 1.54) is 0 Å². The molecule has 4 heteroatoms. The molecule has 0 saturated heterocycles. The molecule has 1 N–H and O–H groups in total. The molecule has 1 aromatic heterocycles. The first-order chi connectivity index (χ1) is 10.2. The van der Waals surface area contributed by atoms with Gasteiger partial charge in [0.25, 0.3) is 5.91 Å². The van der Waals surface area contributed by atoms with Crippen LogP contribution in [0.5, 0.6) is 0 Å². The van der Waals surface area contributed by atoms with Crippen LogP contribution in [0.15, 0.2) is 36.5 Å². The van der Waals surface area contributed by atoms with Crippen molar-refractivity contribution in [2.45, 2.75) is 26.7 Å². The summed E-state index contributed by atoms with van der Waals surface area (Å²) in [6, 6.07) is 9.69. The van der Waals surface area contributed by atoms with Crippen LogP contribution in [0.25, 0.3) is 10.8 Å². The Hall–Kier alpha value is -1.61. The number of carbonyl (C=O) groups is 1. The number of benzene rings is 1. The van der Waals surface area contributed by atoms with Crippen LogP contribution in [0.3, 0.4) is 0 Å². The van der Waals surface area contributed by atoms with E-state index in [0.29, 0.717) is 18.1 Å². The van der Waals surface area contributed by atoms with Crippen LogP contribution in [-0.4, -0.2) is 23.3 Å². The molecule has 0 aliphatic rings. The lowest BCUT2D eigenvalue weighted by molar-refractivity contribution is 0.0928. The number of alkyl halides is 1. The van der Waals surface area contributed by atoms with E-state index in [-0.39, 0.29) is 11.3 Å². The summed E-state index contributed by atoms with van der Waals surface area (Å²) in [6.45, 7) is 4.79. The second-order valence-corrected chi connectivity index (χ2v) is 5.67. The van der Waals surface area contributed by atoms with Crippen LogP contribution in [0.4, 0.5) is 0 Å². The smallest absolute Gasteiger partial charge is 0.270 e. The highest BCUT2D eigenvalue weighted by Gasteiger charge is 2.26. The Kier molecular flexibility index (Phi) is 5.18. The van der Waals surface area contributed by atoms with Gasteiger partial charge in [0.15, 0.2) is 0 Å². The lowest BCUT2D eigenvalue weighted by Crippen LogP contribution is -2.38. The van der Waals surface area contributed by atoms with E-state index in [1.807, 2.05) is 30.3 Å². The fourth-order valence-electron chi connectivity index (χ4n) is 2.39. The molecule has 0 radical (unpaired) electrons. The van der Waals surface area contributed by atoms with Gasteiger partial charge in [-0.2, -0.15) is 0 Å². The van der Waals surface area contributed by atoms with Gasteiger partial charge in [-0.1, -0.05) is 38.1 Å². The number of nitrogens with zero attached hydrogens (tertiary/aromatic N) is 1. The first kappa shape index (κ1) is 15.8. The predicted octanol–water partition coefficient (Wildman–Crippen LogP) is 4.01. The SMILES string of the molecule is CCC(CC)(CCl)CNC(=O)c1nccc2ccccc12. The van der Waals surface area contributed by atoms with Crippen LogP contribution in [0, 0.1) is 5.41 Å². The Morgan fingerprint density at radius 1 is 1.24 bits per heavy atom. The van der Waals surface area contributed by atoms with Gasteiger partial charge in [0.1, 0.15) is 5.69 Å². The quantitative estimate of drug-likeness (QED) is 0.819. The number of hydrogen-bond donors (Lipinski definition) is 1. The summed E-state index contributed by atoms with van der Waals surface area (Å²) in [5.41, 5.74) is 0.436. The number of fused-ring (bicyclic) bond motifs is 1. The number of halogens is 1. The molecule has 1 heterocycles. The molecule has 0 aliphatic carbocycles. The van der Waals surface area contributed by atoms with Crippen molar-refractivity contribution < 1.29 is 4.79 Å². The van der Waals surface area contributed by atoms with Crippen LogP contribution in [0.2, 0.25) is 0 Å². The zero-order valence-corrected chi connectivity index (χ0v) is 13.3. The Bertz CT molecular complexity index is 609. The maximum atomic E-state index is 12.4. The molecule has 0 saturated carbocycles. The normalized spacial score (nSPS) is 11.6. The minimum absolute atomic E-state index is 0.0399. The summed E-state index contributed by atoms with van der Waals surface area (Å²) in [4.78, 5) is 16.7. The molecule has 1 aromatic carbocycles. The topological polar surface area (TPSA) is 42.0 Å². The minimum atomic E-state index is -0.136.